The van der Waals surface area contributed by atoms with Gasteiger partial charge in [0.2, 0.25) is 0 Å². The third-order valence-corrected chi connectivity index (χ3v) is 4.92. The highest BCUT2D eigenvalue weighted by Crippen LogP contribution is 2.31. The van der Waals surface area contributed by atoms with Crippen LogP contribution in [0.25, 0.3) is 0 Å². The highest BCUT2D eigenvalue weighted by atomic mass is 79.9. The molecule has 0 bridgehead atoms. The van der Waals surface area contributed by atoms with Crippen molar-refractivity contribution in [3.05, 3.63) is 20.8 Å². The molecule has 0 aliphatic carbocycles. The smallest absolute Gasteiger partial charge is 0.0285 e. The third kappa shape index (κ3) is 4.70. The van der Waals surface area contributed by atoms with Crippen molar-refractivity contribution in [3.63, 3.8) is 0 Å². The molecule has 0 atom stereocenters. The first-order chi connectivity index (χ1) is 7.77. The SMILES string of the molecule is CNCC(C)(C)NCC(C)(C)c1cc(Br)cs1. The normalized spacial score (nSPS) is 13.1. The monoisotopic (exact) mass is 318 g/mol. The van der Waals surface area contributed by atoms with Gasteiger partial charge in [0.15, 0.2) is 0 Å². The molecular weight excluding hydrogens is 296 g/mol. The fourth-order valence-corrected chi connectivity index (χ4v) is 3.27. The first kappa shape index (κ1) is 15.2. The first-order valence-electron chi connectivity index (χ1n) is 5.91. The second kappa shape index (κ2) is 5.83. The number of hydrogen-bond acceptors (Lipinski definition) is 3. The largest absolute Gasteiger partial charge is 0.318 e. The summed E-state index contributed by atoms with van der Waals surface area (Å²) in [6.45, 7) is 11.0. The second-order valence-electron chi connectivity index (χ2n) is 5.78. The molecule has 0 amide bonds. The Morgan fingerprint density at radius 3 is 2.35 bits per heavy atom. The van der Waals surface area contributed by atoms with Gasteiger partial charge in [0, 0.05) is 38.8 Å². The summed E-state index contributed by atoms with van der Waals surface area (Å²) in [6, 6.07) is 2.22. The fourth-order valence-electron chi connectivity index (χ4n) is 1.72. The number of nitrogens with one attached hydrogen (secondary N) is 2. The van der Waals surface area contributed by atoms with Crippen LogP contribution in [-0.2, 0) is 5.41 Å². The molecule has 0 aliphatic heterocycles. The van der Waals surface area contributed by atoms with Crippen LogP contribution in [0.3, 0.4) is 0 Å². The third-order valence-electron chi connectivity index (χ3n) is 2.86. The Labute approximate surface area is 117 Å². The van der Waals surface area contributed by atoms with Crippen LogP contribution in [0, 0.1) is 0 Å². The lowest BCUT2D eigenvalue weighted by Crippen LogP contribution is -2.50. The van der Waals surface area contributed by atoms with Gasteiger partial charge in [0.1, 0.15) is 0 Å². The highest BCUT2D eigenvalue weighted by molar-refractivity contribution is 9.10. The van der Waals surface area contributed by atoms with Crippen LogP contribution in [0.5, 0.6) is 0 Å². The molecule has 2 N–H and O–H groups in total. The van der Waals surface area contributed by atoms with Crippen LogP contribution in [0.1, 0.15) is 32.6 Å². The summed E-state index contributed by atoms with van der Waals surface area (Å²) >= 11 is 5.34. The van der Waals surface area contributed by atoms with E-state index in [0.717, 1.165) is 13.1 Å². The molecule has 1 rings (SSSR count). The lowest BCUT2D eigenvalue weighted by atomic mass is 9.90. The molecule has 0 aliphatic rings. The Balaban J connectivity index is 2.61. The van der Waals surface area contributed by atoms with Gasteiger partial charge in [0.05, 0.1) is 0 Å². The molecule has 98 valence electrons. The van der Waals surface area contributed by atoms with Crippen LogP contribution < -0.4 is 10.6 Å². The van der Waals surface area contributed by atoms with Crippen LogP contribution in [-0.4, -0.2) is 25.7 Å². The maximum absolute atomic E-state index is 3.64. The molecule has 1 aromatic heterocycles. The Morgan fingerprint density at radius 2 is 1.88 bits per heavy atom. The molecule has 1 heterocycles. The Morgan fingerprint density at radius 1 is 1.24 bits per heavy atom. The molecular formula is C13H23BrN2S. The van der Waals surface area contributed by atoms with E-state index in [0.29, 0.717) is 0 Å². The first-order valence-corrected chi connectivity index (χ1v) is 7.58. The molecule has 2 nitrogen and oxygen atoms in total. The lowest BCUT2D eigenvalue weighted by molar-refractivity contribution is 0.335. The second-order valence-corrected chi connectivity index (χ2v) is 7.61. The Hall–Kier alpha value is 0.1000. The molecule has 0 unspecified atom stereocenters. The topological polar surface area (TPSA) is 24.1 Å². The van der Waals surface area contributed by atoms with E-state index in [4.69, 9.17) is 0 Å². The minimum atomic E-state index is 0.126. The lowest BCUT2D eigenvalue weighted by Gasteiger charge is -2.32. The molecule has 1 aromatic rings. The zero-order chi connectivity index (χ0) is 13.1. The summed E-state index contributed by atoms with van der Waals surface area (Å²) in [7, 11) is 1.99. The number of thiophene rings is 1. The summed E-state index contributed by atoms with van der Waals surface area (Å²) in [5, 5.41) is 9.01. The van der Waals surface area contributed by atoms with E-state index in [1.165, 1.54) is 9.35 Å². The minimum absolute atomic E-state index is 0.126. The van der Waals surface area contributed by atoms with Crippen molar-refractivity contribution >= 4 is 27.3 Å². The van der Waals surface area contributed by atoms with E-state index >= 15 is 0 Å². The van der Waals surface area contributed by atoms with Crippen molar-refractivity contribution in [2.45, 2.75) is 38.6 Å². The highest BCUT2D eigenvalue weighted by Gasteiger charge is 2.26. The van der Waals surface area contributed by atoms with Gasteiger partial charge in [-0.1, -0.05) is 13.8 Å². The van der Waals surface area contributed by atoms with Crippen LogP contribution in [0.2, 0.25) is 0 Å². The van der Waals surface area contributed by atoms with E-state index in [9.17, 15) is 0 Å². The Kier molecular flexibility index (Phi) is 5.20. The number of hydrogen-bond donors (Lipinski definition) is 2. The zero-order valence-electron chi connectivity index (χ0n) is 11.4. The quantitative estimate of drug-likeness (QED) is 0.840. The van der Waals surface area contributed by atoms with Gasteiger partial charge in [-0.25, -0.2) is 0 Å². The van der Waals surface area contributed by atoms with Gasteiger partial charge in [0.25, 0.3) is 0 Å². The summed E-state index contributed by atoms with van der Waals surface area (Å²) in [5.41, 5.74) is 0.294. The molecule has 4 heteroatoms. The minimum Gasteiger partial charge on any atom is -0.318 e. The van der Waals surface area contributed by atoms with E-state index in [-0.39, 0.29) is 11.0 Å². The zero-order valence-corrected chi connectivity index (χ0v) is 13.8. The Bertz CT molecular complexity index is 358. The maximum Gasteiger partial charge on any atom is 0.0285 e. The van der Waals surface area contributed by atoms with Crippen LogP contribution in [0.4, 0.5) is 0 Å². The van der Waals surface area contributed by atoms with Gasteiger partial charge >= 0.3 is 0 Å². The molecule has 0 aromatic carbocycles. The van der Waals surface area contributed by atoms with Gasteiger partial charge in [-0.15, -0.1) is 11.3 Å². The van der Waals surface area contributed by atoms with Crippen molar-refractivity contribution in [1.29, 1.82) is 0 Å². The standard InChI is InChI=1S/C13H23BrN2S/c1-12(2,11-6-10(14)7-17-11)8-16-13(3,4)9-15-5/h6-7,15-16H,8-9H2,1-5H3. The summed E-state index contributed by atoms with van der Waals surface area (Å²) < 4.78 is 1.18. The molecule has 17 heavy (non-hydrogen) atoms. The van der Waals surface area contributed by atoms with E-state index < -0.39 is 0 Å². The maximum atomic E-state index is 3.64. The summed E-state index contributed by atoms with van der Waals surface area (Å²) in [6.07, 6.45) is 0. The molecule has 0 fully saturated rings. The summed E-state index contributed by atoms with van der Waals surface area (Å²) in [5.74, 6) is 0. The van der Waals surface area contributed by atoms with E-state index in [2.05, 4.69) is 65.7 Å². The number of rotatable bonds is 6. The van der Waals surface area contributed by atoms with Crippen LogP contribution >= 0.6 is 27.3 Å². The van der Waals surface area contributed by atoms with Crippen molar-refractivity contribution in [2.24, 2.45) is 0 Å². The van der Waals surface area contributed by atoms with Gasteiger partial charge < -0.3 is 10.6 Å². The molecule has 0 saturated carbocycles. The molecule has 0 saturated heterocycles. The van der Waals surface area contributed by atoms with Crippen molar-refractivity contribution in [1.82, 2.24) is 10.6 Å². The van der Waals surface area contributed by atoms with Crippen LogP contribution in [0.15, 0.2) is 15.9 Å². The van der Waals surface area contributed by atoms with Crippen molar-refractivity contribution in [3.8, 4) is 0 Å². The van der Waals surface area contributed by atoms with Crippen molar-refractivity contribution in [2.75, 3.05) is 20.1 Å². The van der Waals surface area contributed by atoms with E-state index in [1.807, 2.05) is 18.4 Å². The van der Waals surface area contributed by atoms with Gasteiger partial charge in [-0.3, -0.25) is 0 Å². The van der Waals surface area contributed by atoms with E-state index in [1.54, 1.807) is 0 Å². The predicted molar refractivity (Wildman–Crippen MR) is 81.1 cm³/mol. The summed E-state index contributed by atoms with van der Waals surface area (Å²) in [4.78, 5) is 1.41. The van der Waals surface area contributed by atoms with Gasteiger partial charge in [-0.2, -0.15) is 0 Å². The average Bonchev–Trinajstić information content (AvgIpc) is 2.63. The number of halogens is 1. The average molecular weight is 319 g/mol. The van der Waals surface area contributed by atoms with Crippen molar-refractivity contribution < 1.29 is 0 Å². The molecule has 0 spiro atoms. The number of likely N-dealkylation sites (N-methyl/N-ethyl adjacent to an activating group) is 1. The predicted octanol–water partition coefficient (Wildman–Crippen LogP) is 3.38. The fraction of sp³-hybridized carbons (Fsp3) is 0.692. The molecule has 0 radical (unpaired) electrons. The van der Waals surface area contributed by atoms with Gasteiger partial charge in [-0.05, 0) is 42.9 Å².